The smallest absolute Gasteiger partial charge is 0.239 e. The molecule has 1 aliphatic rings. The number of carbonyl (C=O) groups excluding carboxylic acids is 1. The third-order valence-electron chi connectivity index (χ3n) is 3.60. The van der Waals surface area contributed by atoms with E-state index in [4.69, 9.17) is 15.2 Å². The van der Waals surface area contributed by atoms with Gasteiger partial charge in [-0.2, -0.15) is 0 Å². The van der Waals surface area contributed by atoms with Gasteiger partial charge in [-0.3, -0.25) is 4.79 Å². The van der Waals surface area contributed by atoms with Gasteiger partial charge >= 0.3 is 0 Å². The standard InChI is InChI=1S/C16H24N2O3.ClH/c1-3-7-13(17)16(19)18(4-2)10-12-11-20-14-8-5-6-9-15(14)21-12;/h5-6,8-9,12-13H,3-4,7,10-11,17H2,1-2H3;1H. The minimum Gasteiger partial charge on any atom is -0.486 e. The summed E-state index contributed by atoms with van der Waals surface area (Å²) in [4.78, 5) is 14.0. The van der Waals surface area contributed by atoms with Crippen molar-refractivity contribution in [3.63, 3.8) is 0 Å². The van der Waals surface area contributed by atoms with Crippen LogP contribution in [-0.2, 0) is 4.79 Å². The van der Waals surface area contributed by atoms with E-state index in [2.05, 4.69) is 0 Å². The summed E-state index contributed by atoms with van der Waals surface area (Å²) in [6.45, 7) is 5.55. The number of nitrogens with zero attached hydrogens (tertiary/aromatic N) is 1. The summed E-state index contributed by atoms with van der Waals surface area (Å²) in [5, 5.41) is 0. The van der Waals surface area contributed by atoms with Crippen molar-refractivity contribution < 1.29 is 14.3 Å². The third-order valence-corrected chi connectivity index (χ3v) is 3.60. The van der Waals surface area contributed by atoms with Gasteiger partial charge in [0.2, 0.25) is 5.91 Å². The lowest BCUT2D eigenvalue weighted by Crippen LogP contribution is -2.49. The Morgan fingerprint density at radius 1 is 1.36 bits per heavy atom. The number of hydrogen-bond acceptors (Lipinski definition) is 4. The molecule has 0 aromatic heterocycles. The number of amides is 1. The molecule has 5 nitrogen and oxygen atoms in total. The van der Waals surface area contributed by atoms with E-state index in [0.29, 0.717) is 26.1 Å². The lowest BCUT2D eigenvalue weighted by atomic mass is 10.1. The van der Waals surface area contributed by atoms with Gasteiger partial charge in [-0.05, 0) is 25.5 Å². The highest BCUT2D eigenvalue weighted by Crippen LogP contribution is 2.31. The van der Waals surface area contributed by atoms with Crippen LogP contribution in [0.25, 0.3) is 0 Å². The molecule has 1 aromatic rings. The summed E-state index contributed by atoms with van der Waals surface area (Å²) < 4.78 is 11.6. The molecule has 2 unspecified atom stereocenters. The van der Waals surface area contributed by atoms with E-state index >= 15 is 0 Å². The number of likely N-dealkylation sites (N-methyl/N-ethyl adjacent to an activating group) is 1. The van der Waals surface area contributed by atoms with Crippen molar-refractivity contribution in [2.75, 3.05) is 19.7 Å². The molecule has 1 aromatic carbocycles. The number of nitrogens with two attached hydrogens (primary N) is 1. The molecule has 2 rings (SSSR count). The molecule has 0 saturated carbocycles. The first-order chi connectivity index (χ1) is 10.2. The predicted molar refractivity (Wildman–Crippen MR) is 88.7 cm³/mol. The van der Waals surface area contributed by atoms with Crippen LogP contribution in [0.3, 0.4) is 0 Å². The normalized spacial score (nSPS) is 17.3. The van der Waals surface area contributed by atoms with Gasteiger partial charge in [-0.1, -0.05) is 25.5 Å². The summed E-state index contributed by atoms with van der Waals surface area (Å²) in [6, 6.07) is 7.15. The molecule has 0 fully saturated rings. The third kappa shape index (κ3) is 4.52. The molecule has 22 heavy (non-hydrogen) atoms. The zero-order valence-electron chi connectivity index (χ0n) is 13.2. The van der Waals surface area contributed by atoms with Gasteiger partial charge in [0.25, 0.3) is 0 Å². The minimum atomic E-state index is -0.424. The fraction of sp³-hybridized carbons (Fsp3) is 0.562. The van der Waals surface area contributed by atoms with Crippen molar-refractivity contribution in [2.24, 2.45) is 5.73 Å². The number of hydrogen-bond donors (Lipinski definition) is 1. The van der Waals surface area contributed by atoms with Crippen LogP contribution in [0, 0.1) is 0 Å². The van der Waals surface area contributed by atoms with Gasteiger partial charge in [0.05, 0.1) is 12.6 Å². The van der Waals surface area contributed by atoms with E-state index in [1.54, 1.807) is 4.90 Å². The molecule has 1 heterocycles. The first-order valence-electron chi connectivity index (χ1n) is 7.58. The molecule has 0 aliphatic carbocycles. The Hall–Kier alpha value is -1.46. The average molecular weight is 329 g/mol. The van der Waals surface area contributed by atoms with E-state index < -0.39 is 6.04 Å². The maximum atomic E-state index is 12.3. The first kappa shape index (κ1) is 18.6. The topological polar surface area (TPSA) is 64.8 Å². The maximum absolute atomic E-state index is 12.3. The zero-order valence-corrected chi connectivity index (χ0v) is 14.0. The van der Waals surface area contributed by atoms with Crippen molar-refractivity contribution >= 4 is 18.3 Å². The van der Waals surface area contributed by atoms with E-state index in [9.17, 15) is 4.79 Å². The summed E-state index contributed by atoms with van der Waals surface area (Å²) >= 11 is 0. The Morgan fingerprint density at radius 3 is 2.68 bits per heavy atom. The van der Waals surface area contributed by atoms with E-state index in [0.717, 1.165) is 17.9 Å². The number of ether oxygens (including phenoxy) is 2. The highest BCUT2D eigenvalue weighted by atomic mass is 35.5. The second-order valence-corrected chi connectivity index (χ2v) is 5.27. The molecule has 124 valence electrons. The van der Waals surface area contributed by atoms with Gasteiger partial charge in [-0.15, -0.1) is 12.4 Å². The number of carbonyl (C=O) groups is 1. The van der Waals surface area contributed by atoms with Crippen LogP contribution in [0.5, 0.6) is 11.5 Å². The van der Waals surface area contributed by atoms with E-state index in [1.165, 1.54) is 0 Å². The van der Waals surface area contributed by atoms with Crippen molar-refractivity contribution in [1.29, 1.82) is 0 Å². The van der Waals surface area contributed by atoms with Crippen LogP contribution in [0.15, 0.2) is 24.3 Å². The largest absolute Gasteiger partial charge is 0.486 e. The molecule has 1 aliphatic heterocycles. The SMILES string of the molecule is CCCC(N)C(=O)N(CC)CC1COc2ccccc2O1.Cl. The quantitative estimate of drug-likeness (QED) is 0.869. The second-order valence-electron chi connectivity index (χ2n) is 5.27. The highest BCUT2D eigenvalue weighted by molar-refractivity contribution is 5.85. The monoisotopic (exact) mass is 328 g/mol. The highest BCUT2D eigenvalue weighted by Gasteiger charge is 2.26. The van der Waals surface area contributed by atoms with Gasteiger partial charge in [0, 0.05) is 6.54 Å². The van der Waals surface area contributed by atoms with Crippen LogP contribution in [0.4, 0.5) is 0 Å². The van der Waals surface area contributed by atoms with Crippen molar-refractivity contribution in [2.45, 2.75) is 38.8 Å². The van der Waals surface area contributed by atoms with Crippen LogP contribution in [0.1, 0.15) is 26.7 Å². The Morgan fingerprint density at radius 2 is 2.05 bits per heavy atom. The van der Waals surface area contributed by atoms with Gasteiger partial charge < -0.3 is 20.1 Å². The molecule has 6 heteroatoms. The molecule has 0 bridgehead atoms. The minimum absolute atomic E-state index is 0. The van der Waals surface area contributed by atoms with Gasteiger partial charge in [-0.25, -0.2) is 0 Å². The number of rotatable bonds is 6. The summed E-state index contributed by atoms with van der Waals surface area (Å²) in [7, 11) is 0. The van der Waals surface area contributed by atoms with Crippen LogP contribution >= 0.6 is 12.4 Å². The zero-order chi connectivity index (χ0) is 15.2. The first-order valence-corrected chi connectivity index (χ1v) is 7.58. The summed E-state index contributed by atoms with van der Waals surface area (Å²) in [6.07, 6.45) is 1.46. The number of fused-ring (bicyclic) bond motifs is 1. The second kappa shape index (κ2) is 8.86. The maximum Gasteiger partial charge on any atom is 0.239 e. The molecule has 0 saturated heterocycles. The molecule has 1 amide bonds. The summed E-state index contributed by atoms with van der Waals surface area (Å²) in [5.41, 5.74) is 5.92. The molecular weight excluding hydrogens is 304 g/mol. The molecular formula is C16H25ClN2O3. The Balaban J connectivity index is 0.00000242. The molecule has 0 radical (unpaired) electrons. The number of benzene rings is 1. The van der Waals surface area contributed by atoms with Crippen LogP contribution in [-0.4, -0.2) is 42.6 Å². The van der Waals surface area contributed by atoms with Crippen molar-refractivity contribution in [3.05, 3.63) is 24.3 Å². The summed E-state index contributed by atoms with van der Waals surface area (Å²) in [5.74, 6) is 1.47. The van der Waals surface area contributed by atoms with Crippen LogP contribution < -0.4 is 15.2 Å². The van der Waals surface area contributed by atoms with E-state index in [1.807, 2.05) is 38.1 Å². The molecule has 2 atom stereocenters. The van der Waals surface area contributed by atoms with Gasteiger partial charge in [0.15, 0.2) is 17.6 Å². The fourth-order valence-electron chi connectivity index (χ4n) is 2.44. The predicted octanol–water partition coefficient (Wildman–Crippen LogP) is 2.22. The lowest BCUT2D eigenvalue weighted by molar-refractivity contribution is -0.134. The molecule has 2 N–H and O–H groups in total. The number of para-hydroxylation sites is 2. The average Bonchev–Trinajstić information content (AvgIpc) is 2.52. The van der Waals surface area contributed by atoms with E-state index in [-0.39, 0.29) is 24.4 Å². The van der Waals surface area contributed by atoms with Gasteiger partial charge in [0.1, 0.15) is 6.61 Å². The number of halogens is 1. The van der Waals surface area contributed by atoms with Crippen molar-refractivity contribution in [1.82, 2.24) is 4.90 Å². The van der Waals surface area contributed by atoms with Crippen molar-refractivity contribution in [3.8, 4) is 11.5 Å². The van der Waals surface area contributed by atoms with Crippen LogP contribution in [0.2, 0.25) is 0 Å². The Kier molecular flexibility index (Phi) is 7.48. The Bertz CT molecular complexity index is 484. The Labute approximate surface area is 138 Å². The molecule has 0 spiro atoms. The fourth-order valence-corrected chi connectivity index (χ4v) is 2.44. The lowest BCUT2D eigenvalue weighted by Gasteiger charge is -2.32.